The van der Waals surface area contributed by atoms with Gasteiger partial charge in [0.25, 0.3) is 0 Å². The minimum absolute atomic E-state index is 0.246. The summed E-state index contributed by atoms with van der Waals surface area (Å²) in [4.78, 5) is 27.6. The molecule has 1 fully saturated rings. The topological polar surface area (TPSA) is 80.2 Å². The molecule has 1 aliphatic heterocycles. The number of hydrogen-bond acceptors (Lipinski definition) is 6. The number of nitrogens with one attached hydrogen (secondary N) is 1. The second-order valence-corrected chi connectivity index (χ2v) is 7.35. The number of pyridine rings is 1. The SMILES string of the molecule is COc1nc(C)cc(C)c1CNc1ncnc2c1CCN(C(=O)C1CC1)C2. The lowest BCUT2D eigenvalue weighted by Gasteiger charge is -2.29. The molecule has 1 aliphatic carbocycles. The molecule has 0 spiro atoms. The normalized spacial score (nSPS) is 16.0. The Morgan fingerprint density at radius 1 is 1.33 bits per heavy atom. The highest BCUT2D eigenvalue weighted by Gasteiger charge is 2.35. The van der Waals surface area contributed by atoms with E-state index in [0.717, 1.165) is 59.7 Å². The van der Waals surface area contributed by atoms with Gasteiger partial charge in [-0.15, -0.1) is 0 Å². The van der Waals surface area contributed by atoms with E-state index in [-0.39, 0.29) is 11.8 Å². The number of aromatic nitrogens is 3. The second-order valence-electron chi connectivity index (χ2n) is 7.35. The van der Waals surface area contributed by atoms with Crippen molar-refractivity contribution in [3.63, 3.8) is 0 Å². The summed E-state index contributed by atoms with van der Waals surface area (Å²) in [6, 6.07) is 2.05. The molecule has 2 aliphatic rings. The first-order valence-electron chi connectivity index (χ1n) is 9.43. The van der Waals surface area contributed by atoms with Crippen molar-refractivity contribution >= 4 is 11.7 Å². The molecule has 27 heavy (non-hydrogen) atoms. The van der Waals surface area contributed by atoms with Gasteiger partial charge in [-0.1, -0.05) is 0 Å². The lowest BCUT2D eigenvalue weighted by molar-refractivity contribution is -0.133. The van der Waals surface area contributed by atoms with E-state index < -0.39 is 0 Å². The summed E-state index contributed by atoms with van der Waals surface area (Å²) in [6.45, 7) is 5.92. The number of aryl methyl sites for hydroxylation is 2. The molecule has 3 heterocycles. The molecule has 1 amide bonds. The van der Waals surface area contributed by atoms with E-state index in [1.807, 2.05) is 11.8 Å². The molecule has 1 N–H and O–H groups in total. The van der Waals surface area contributed by atoms with E-state index in [2.05, 4.69) is 33.3 Å². The standard InChI is InChI=1S/C20H25N5O2/c1-12-8-13(2)24-19(27-3)16(12)9-21-18-15-6-7-25(20(26)14-4-5-14)10-17(15)22-11-23-18/h8,11,14H,4-7,9-10H2,1-3H3,(H,21,22,23). The number of fused-ring (bicyclic) bond motifs is 1. The first-order valence-corrected chi connectivity index (χ1v) is 9.43. The maximum absolute atomic E-state index is 12.3. The third-order valence-corrected chi connectivity index (χ3v) is 5.31. The first kappa shape index (κ1) is 17.7. The van der Waals surface area contributed by atoms with Gasteiger partial charge in [0.2, 0.25) is 11.8 Å². The van der Waals surface area contributed by atoms with Crippen molar-refractivity contribution in [3.8, 4) is 5.88 Å². The molecule has 7 nitrogen and oxygen atoms in total. The Labute approximate surface area is 159 Å². The average molecular weight is 367 g/mol. The maximum atomic E-state index is 12.3. The summed E-state index contributed by atoms with van der Waals surface area (Å²) in [7, 11) is 1.64. The van der Waals surface area contributed by atoms with E-state index in [1.54, 1.807) is 13.4 Å². The first-order chi connectivity index (χ1) is 13.1. The largest absolute Gasteiger partial charge is 0.481 e. The van der Waals surface area contributed by atoms with Crippen LogP contribution in [0.4, 0.5) is 5.82 Å². The van der Waals surface area contributed by atoms with Crippen LogP contribution in [0, 0.1) is 19.8 Å². The molecular formula is C20H25N5O2. The number of nitrogens with zero attached hydrogens (tertiary/aromatic N) is 4. The quantitative estimate of drug-likeness (QED) is 0.874. The van der Waals surface area contributed by atoms with E-state index in [4.69, 9.17) is 4.74 Å². The number of methoxy groups -OCH3 is 1. The molecule has 7 heteroatoms. The van der Waals surface area contributed by atoms with Gasteiger partial charge >= 0.3 is 0 Å². The summed E-state index contributed by atoms with van der Waals surface area (Å²) in [6.07, 6.45) is 4.41. The number of ether oxygens (including phenoxy) is 1. The highest BCUT2D eigenvalue weighted by molar-refractivity contribution is 5.81. The fraction of sp³-hybridized carbons (Fsp3) is 0.500. The maximum Gasteiger partial charge on any atom is 0.226 e. The van der Waals surface area contributed by atoms with Crippen molar-refractivity contribution in [3.05, 3.63) is 40.5 Å². The zero-order chi connectivity index (χ0) is 19.0. The van der Waals surface area contributed by atoms with Crippen LogP contribution in [0.15, 0.2) is 12.4 Å². The second kappa shape index (κ2) is 7.13. The third kappa shape index (κ3) is 3.59. The van der Waals surface area contributed by atoms with Crippen LogP contribution in [-0.4, -0.2) is 39.4 Å². The summed E-state index contributed by atoms with van der Waals surface area (Å²) >= 11 is 0. The van der Waals surface area contributed by atoms with E-state index >= 15 is 0 Å². The Bertz CT molecular complexity index is 879. The summed E-state index contributed by atoms with van der Waals surface area (Å²) in [5.74, 6) is 2.00. The van der Waals surface area contributed by atoms with Crippen LogP contribution < -0.4 is 10.1 Å². The van der Waals surface area contributed by atoms with Gasteiger partial charge in [-0.2, -0.15) is 0 Å². The summed E-state index contributed by atoms with van der Waals surface area (Å²) < 4.78 is 5.45. The Balaban J connectivity index is 1.52. The minimum Gasteiger partial charge on any atom is -0.481 e. The van der Waals surface area contributed by atoms with Crippen LogP contribution in [0.1, 0.15) is 40.9 Å². The average Bonchev–Trinajstić information content (AvgIpc) is 3.51. The van der Waals surface area contributed by atoms with Gasteiger partial charge in [-0.05, 0) is 44.7 Å². The zero-order valence-corrected chi connectivity index (χ0v) is 16.1. The molecule has 2 aromatic heterocycles. The fourth-order valence-corrected chi connectivity index (χ4v) is 3.67. The number of anilines is 1. The van der Waals surface area contributed by atoms with Gasteiger partial charge in [0, 0.05) is 35.8 Å². The van der Waals surface area contributed by atoms with Crippen LogP contribution in [0.5, 0.6) is 5.88 Å². The van der Waals surface area contributed by atoms with Gasteiger partial charge in [-0.25, -0.2) is 15.0 Å². The third-order valence-electron chi connectivity index (χ3n) is 5.31. The van der Waals surface area contributed by atoms with E-state index in [0.29, 0.717) is 19.0 Å². The predicted molar refractivity (Wildman–Crippen MR) is 101 cm³/mol. The Morgan fingerprint density at radius 3 is 2.89 bits per heavy atom. The number of amides is 1. The van der Waals surface area contributed by atoms with Crippen LogP contribution in [-0.2, 0) is 24.3 Å². The number of hydrogen-bond donors (Lipinski definition) is 1. The Hall–Kier alpha value is -2.70. The van der Waals surface area contributed by atoms with Gasteiger partial charge < -0.3 is 15.0 Å². The Kier molecular flexibility index (Phi) is 4.68. The molecule has 4 rings (SSSR count). The van der Waals surface area contributed by atoms with Crippen molar-refractivity contribution < 1.29 is 9.53 Å². The number of carbonyl (C=O) groups excluding carboxylic acids is 1. The highest BCUT2D eigenvalue weighted by atomic mass is 16.5. The minimum atomic E-state index is 0.246. The molecule has 1 saturated carbocycles. The van der Waals surface area contributed by atoms with Gasteiger partial charge in [0.15, 0.2) is 0 Å². The highest BCUT2D eigenvalue weighted by Crippen LogP contribution is 2.33. The monoisotopic (exact) mass is 367 g/mol. The van der Waals surface area contributed by atoms with Crippen LogP contribution in [0.25, 0.3) is 0 Å². The lowest BCUT2D eigenvalue weighted by atomic mass is 10.0. The fourth-order valence-electron chi connectivity index (χ4n) is 3.67. The van der Waals surface area contributed by atoms with E-state index in [1.165, 1.54) is 0 Å². The molecule has 0 aromatic carbocycles. The van der Waals surface area contributed by atoms with Crippen LogP contribution in [0.3, 0.4) is 0 Å². The van der Waals surface area contributed by atoms with Crippen molar-refractivity contribution in [1.82, 2.24) is 19.9 Å². The molecule has 0 saturated heterocycles. The molecule has 0 bridgehead atoms. The van der Waals surface area contributed by atoms with Crippen molar-refractivity contribution in [2.24, 2.45) is 5.92 Å². The molecule has 142 valence electrons. The summed E-state index contributed by atoms with van der Waals surface area (Å²) in [5.41, 5.74) is 5.15. The lowest BCUT2D eigenvalue weighted by Crippen LogP contribution is -2.37. The van der Waals surface area contributed by atoms with Crippen molar-refractivity contribution in [2.45, 2.75) is 46.2 Å². The van der Waals surface area contributed by atoms with Crippen LogP contribution in [0.2, 0.25) is 0 Å². The molecule has 0 radical (unpaired) electrons. The van der Waals surface area contributed by atoms with Crippen molar-refractivity contribution in [1.29, 1.82) is 0 Å². The number of rotatable bonds is 5. The molecular weight excluding hydrogens is 342 g/mol. The smallest absolute Gasteiger partial charge is 0.226 e. The molecule has 2 aromatic rings. The van der Waals surface area contributed by atoms with Gasteiger partial charge in [0.1, 0.15) is 12.1 Å². The Morgan fingerprint density at radius 2 is 2.15 bits per heavy atom. The van der Waals surface area contributed by atoms with Crippen molar-refractivity contribution in [2.75, 3.05) is 19.0 Å². The predicted octanol–water partition coefficient (Wildman–Crippen LogP) is 2.40. The van der Waals surface area contributed by atoms with Crippen LogP contribution >= 0.6 is 0 Å². The number of carbonyl (C=O) groups is 1. The molecule has 0 unspecified atom stereocenters. The van der Waals surface area contributed by atoms with Gasteiger partial charge in [0.05, 0.1) is 19.3 Å². The van der Waals surface area contributed by atoms with E-state index in [9.17, 15) is 4.79 Å². The molecule has 0 atom stereocenters. The van der Waals surface area contributed by atoms with Gasteiger partial charge in [-0.3, -0.25) is 4.79 Å². The zero-order valence-electron chi connectivity index (χ0n) is 16.1. The summed E-state index contributed by atoms with van der Waals surface area (Å²) in [5, 5.41) is 3.43.